The summed E-state index contributed by atoms with van der Waals surface area (Å²) in [4.78, 5) is 3.95. The average molecular weight is 235 g/mol. The normalized spacial score (nSPS) is 11.0. The zero-order valence-electron chi connectivity index (χ0n) is 8.70. The van der Waals surface area contributed by atoms with E-state index in [1.807, 2.05) is 6.07 Å². The minimum absolute atomic E-state index is 0.0900. The highest BCUT2D eigenvalue weighted by atomic mass is 19.2. The molecule has 0 amide bonds. The molecule has 2 aromatic rings. The van der Waals surface area contributed by atoms with Crippen LogP contribution in [-0.2, 0) is 0 Å². The minimum Gasteiger partial charge on any atom is -0.256 e. The lowest BCUT2D eigenvalue weighted by Crippen LogP contribution is -1.96. The van der Waals surface area contributed by atoms with Gasteiger partial charge < -0.3 is 0 Å². The quantitative estimate of drug-likeness (QED) is 0.553. The van der Waals surface area contributed by atoms with Crippen LogP contribution in [-0.4, -0.2) is 6.21 Å². The summed E-state index contributed by atoms with van der Waals surface area (Å²) in [6.07, 6.45) is 1.16. The molecule has 1 nitrogen and oxygen atoms in total. The van der Waals surface area contributed by atoms with Crippen molar-refractivity contribution in [1.29, 1.82) is 0 Å². The first-order valence-corrected chi connectivity index (χ1v) is 4.91. The third-order valence-corrected chi connectivity index (χ3v) is 2.17. The number of para-hydroxylation sites is 1. The topological polar surface area (TPSA) is 12.4 Å². The van der Waals surface area contributed by atoms with Crippen molar-refractivity contribution in [1.82, 2.24) is 0 Å². The maximum Gasteiger partial charge on any atom is 0.195 e. The summed E-state index contributed by atoms with van der Waals surface area (Å²) in [6.45, 7) is 0. The molecule has 0 radical (unpaired) electrons. The first-order valence-electron chi connectivity index (χ1n) is 4.91. The first-order chi connectivity index (χ1) is 8.18. The van der Waals surface area contributed by atoms with Gasteiger partial charge in [-0.3, -0.25) is 4.99 Å². The Morgan fingerprint density at radius 2 is 1.53 bits per heavy atom. The Morgan fingerprint density at radius 3 is 2.24 bits per heavy atom. The third-order valence-electron chi connectivity index (χ3n) is 2.17. The molecule has 0 saturated heterocycles. The Labute approximate surface area is 96.2 Å². The summed E-state index contributed by atoms with van der Waals surface area (Å²) < 4.78 is 38.8. The molecular weight excluding hydrogens is 227 g/mol. The number of rotatable bonds is 2. The van der Waals surface area contributed by atoms with Crippen molar-refractivity contribution in [3.63, 3.8) is 0 Å². The molecule has 0 atom stereocenters. The Hall–Kier alpha value is -2.10. The molecule has 4 heteroatoms. The summed E-state index contributed by atoms with van der Waals surface area (Å²) in [5.74, 6) is -3.92. The fourth-order valence-corrected chi connectivity index (χ4v) is 1.30. The smallest absolute Gasteiger partial charge is 0.195 e. The zero-order chi connectivity index (χ0) is 12.3. The number of benzene rings is 2. The van der Waals surface area contributed by atoms with Gasteiger partial charge in [0.2, 0.25) is 0 Å². The van der Waals surface area contributed by atoms with Crippen LogP contribution in [0.1, 0.15) is 5.56 Å². The van der Waals surface area contributed by atoms with Crippen LogP contribution in [0.5, 0.6) is 0 Å². The Kier molecular flexibility index (Phi) is 3.23. The lowest BCUT2D eigenvalue weighted by molar-refractivity contribution is 0.446. The number of aliphatic imine (C=N–C) groups is 1. The van der Waals surface area contributed by atoms with E-state index in [9.17, 15) is 13.2 Å². The summed E-state index contributed by atoms with van der Waals surface area (Å²) in [5, 5.41) is 0. The van der Waals surface area contributed by atoms with Gasteiger partial charge in [0.05, 0.1) is 5.69 Å². The Bertz CT molecular complexity index is 550. The molecule has 0 N–H and O–H groups in total. The van der Waals surface area contributed by atoms with E-state index in [-0.39, 0.29) is 5.56 Å². The van der Waals surface area contributed by atoms with Gasteiger partial charge in [-0.2, -0.15) is 0 Å². The maximum atomic E-state index is 13.3. The van der Waals surface area contributed by atoms with Crippen LogP contribution in [0.2, 0.25) is 0 Å². The van der Waals surface area contributed by atoms with Crippen LogP contribution < -0.4 is 0 Å². The Morgan fingerprint density at radius 1 is 0.824 bits per heavy atom. The molecule has 0 fully saturated rings. The highest BCUT2D eigenvalue weighted by molar-refractivity contribution is 5.82. The predicted octanol–water partition coefficient (Wildman–Crippen LogP) is 3.85. The third kappa shape index (κ3) is 2.53. The summed E-state index contributed by atoms with van der Waals surface area (Å²) in [6, 6.07) is 10.8. The summed E-state index contributed by atoms with van der Waals surface area (Å²) >= 11 is 0. The van der Waals surface area contributed by atoms with Crippen molar-refractivity contribution in [2.75, 3.05) is 0 Å². The number of nitrogens with zero attached hydrogens (tertiary/aromatic N) is 1. The SMILES string of the molecule is Fc1ccc(C=Nc2ccccc2)c(F)c1F. The molecule has 0 saturated carbocycles. The van der Waals surface area contributed by atoms with Gasteiger partial charge in [0, 0.05) is 11.8 Å². The van der Waals surface area contributed by atoms with Gasteiger partial charge in [-0.05, 0) is 24.3 Å². The lowest BCUT2D eigenvalue weighted by atomic mass is 10.2. The minimum atomic E-state index is -1.48. The highest BCUT2D eigenvalue weighted by Gasteiger charge is 2.11. The van der Waals surface area contributed by atoms with Crippen molar-refractivity contribution in [3.8, 4) is 0 Å². The van der Waals surface area contributed by atoms with E-state index in [1.165, 1.54) is 0 Å². The monoisotopic (exact) mass is 235 g/mol. The van der Waals surface area contributed by atoms with E-state index in [0.29, 0.717) is 5.69 Å². The van der Waals surface area contributed by atoms with E-state index in [1.54, 1.807) is 24.3 Å². The van der Waals surface area contributed by atoms with Crippen molar-refractivity contribution >= 4 is 11.9 Å². The molecule has 0 spiro atoms. The Balaban J connectivity index is 2.31. The maximum absolute atomic E-state index is 13.3. The lowest BCUT2D eigenvalue weighted by Gasteiger charge is -1.99. The van der Waals surface area contributed by atoms with E-state index >= 15 is 0 Å². The summed E-state index contributed by atoms with van der Waals surface area (Å²) in [5.41, 5.74) is 0.518. The van der Waals surface area contributed by atoms with Gasteiger partial charge in [0.15, 0.2) is 17.5 Å². The molecule has 2 aromatic carbocycles. The van der Waals surface area contributed by atoms with Gasteiger partial charge in [-0.15, -0.1) is 0 Å². The van der Waals surface area contributed by atoms with Crippen LogP contribution >= 0.6 is 0 Å². The van der Waals surface area contributed by atoms with Gasteiger partial charge in [-0.25, -0.2) is 13.2 Å². The van der Waals surface area contributed by atoms with Crippen LogP contribution in [0.3, 0.4) is 0 Å². The molecule has 0 bridgehead atoms. The van der Waals surface area contributed by atoms with Crippen LogP contribution in [0.25, 0.3) is 0 Å². The van der Waals surface area contributed by atoms with Crippen LogP contribution in [0, 0.1) is 17.5 Å². The van der Waals surface area contributed by atoms with E-state index in [0.717, 1.165) is 18.3 Å². The molecule has 0 aliphatic heterocycles. The second kappa shape index (κ2) is 4.82. The second-order valence-electron chi connectivity index (χ2n) is 3.36. The van der Waals surface area contributed by atoms with E-state index in [2.05, 4.69) is 4.99 Å². The first kappa shape index (κ1) is 11.4. The zero-order valence-corrected chi connectivity index (χ0v) is 8.70. The molecule has 0 aliphatic rings. The number of hydrogen-bond donors (Lipinski definition) is 0. The highest BCUT2D eigenvalue weighted by Crippen LogP contribution is 2.15. The molecule has 17 heavy (non-hydrogen) atoms. The van der Waals surface area contributed by atoms with Gasteiger partial charge in [-0.1, -0.05) is 18.2 Å². The van der Waals surface area contributed by atoms with Crippen molar-refractivity contribution in [2.24, 2.45) is 4.99 Å². The van der Waals surface area contributed by atoms with Crippen molar-refractivity contribution in [3.05, 3.63) is 65.5 Å². The van der Waals surface area contributed by atoms with Gasteiger partial charge in [0.1, 0.15) is 0 Å². The van der Waals surface area contributed by atoms with Crippen molar-refractivity contribution < 1.29 is 13.2 Å². The predicted molar refractivity (Wildman–Crippen MR) is 60.0 cm³/mol. The molecule has 86 valence electrons. The molecular formula is C13H8F3N. The molecule has 0 aliphatic carbocycles. The fraction of sp³-hybridized carbons (Fsp3) is 0. The molecule has 2 rings (SSSR count). The second-order valence-corrected chi connectivity index (χ2v) is 3.36. The summed E-state index contributed by atoms with van der Waals surface area (Å²) in [7, 11) is 0. The van der Waals surface area contributed by atoms with E-state index in [4.69, 9.17) is 0 Å². The molecule has 0 unspecified atom stereocenters. The van der Waals surface area contributed by atoms with Crippen LogP contribution in [0.15, 0.2) is 47.5 Å². The molecule has 0 heterocycles. The van der Waals surface area contributed by atoms with Gasteiger partial charge >= 0.3 is 0 Å². The number of hydrogen-bond acceptors (Lipinski definition) is 1. The van der Waals surface area contributed by atoms with Crippen molar-refractivity contribution in [2.45, 2.75) is 0 Å². The van der Waals surface area contributed by atoms with E-state index < -0.39 is 17.5 Å². The molecule has 0 aromatic heterocycles. The average Bonchev–Trinajstić information content (AvgIpc) is 2.36. The number of halogens is 3. The fourth-order valence-electron chi connectivity index (χ4n) is 1.30. The van der Waals surface area contributed by atoms with Crippen LogP contribution in [0.4, 0.5) is 18.9 Å². The standard InChI is InChI=1S/C13H8F3N/c14-11-7-6-9(12(15)13(11)16)8-17-10-4-2-1-3-5-10/h1-8H. The van der Waals surface area contributed by atoms with Gasteiger partial charge in [0.25, 0.3) is 0 Å². The largest absolute Gasteiger partial charge is 0.256 e.